The first-order chi connectivity index (χ1) is 10.1. The summed E-state index contributed by atoms with van der Waals surface area (Å²) in [5, 5.41) is 4.06. The Morgan fingerprint density at radius 2 is 1.76 bits per heavy atom. The van der Waals surface area contributed by atoms with E-state index in [0.717, 1.165) is 5.39 Å². The number of halogens is 1. The van der Waals surface area contributed by atoms with E-state index in [4.69, 9.17) is 11.6 Å². The Labute approximate surface area is 125 Å². The second kappa shape index (κ2) is 5.42. The Hall–Kier alpha value is -2.59. The van der Waals surface area contributed by atoms with Crippen molar-refractivity contribution in [1.82, 2.24) is 4.98 Å². The highest BCUT2D eigenvalue weighted by atomic mass is 35.5. The molecule has 0 aliphatic rings. The molecular formula is C16H11ClN2O2. The number of H-pyrrole nitrogens is 1. The number of anilines is 1. The van der Waals surface area contributed by atoms with Crippen LogP contribution in [0.1, 0.15) is 10.4 Å². The van der Waals surface area contributed by atoms with Gasteiger partial charge in [0.15, 0.2) is 0 Å². The number of hydrogen-bond donors (Lipinski definition) is 2. The maximum Gasteiger partial charge on any atom is 0.261 e. The fraction of sp³-hybridized carbons (Fsp3) is 0. The molecule has 0 unspecified atom stereocenters. The second-order valence-corrected chi connectivity index (χ2v) is 5.00. The van der Waals surface area contributed by atoms with Gasteiger partial charge >= 0.3 is 0 Å². The fourth-order valence-corrected chi connectivity index (χ4v) is 2.17. The van der Waals surface area contributed by atoms with Crippen molar-refractivity contribution < 1.29 is 4.79 Å². The van der Waals surface area contributed by atoms with Gasteiger partial charge < -0.3 is 10.3 Å². The van der Waals surface area contributed by atoms with Crippen molar-refractivity contribution in [1.29, 1.82) is 0 Å². The number of nitrogens with one attached hydrogen (secondary N) is 2. The second-order valence-electron chi connectivity index (χ2n) is 4.56. The molecule has 104 valence electrons. The summed E-state index contributed by atoms with van der Waals surface area (Å²) in [4.78, 5) is 26.9. The summed E-state index contributed by atoms with van der Waals surface area (Å²) in [6.45, 7) is 0. The van der Waals surface area contributed by atoms with E-state index in [0.29, 0.717) is 16.2 Å². The van der Waals surface area contributed by atoms with Gasteiger partial charge in [0, 0.05) is 16.2 Å². The number of benzene rings is 2. The summed E-state index contributed by atoms with van der Waals surface area (Å²) in [5.74, 6) is -0.454. The molecule has 1 amide bonds. The quantitative estimate of drug-likeness (QED) is 0.761. The third kappa shape index (κ3) is 2.80. The van der Waals surface area contributed by atoms with Crippen molar-refractivity contribution in [3.63, 3.8) is 0 Å². The lowest BCUT2D eigenvalue weighted by Gasteiger charge is -2.06. The van der Waals surface area contributed by atoms with Crippen molar-refractivity contribution in [3.05, 3.63) is 75.5 Å². The molecular weight excluding hydrogens is 288 g/mol. The van der Waals surface area contributed by atoms with E-state index < -0.39 is 11.5 Å². The van der Waals surface area contributed by atoms with Gasteiger partial charge in [-0.05, 0) is 41.8 Å². The number of rotatable bonds is 2. The molecule has 0 saturated carbocycles. The van der Waals surface area contributed by atoms with Crippen LogP contribution in [0.5, 0.6) is 0 Å². The lowest BCUT2D eigenvalue weighted by molar-refractivity contribution is 0.102. The number of fused-ring (bicyclic) bond motifs is 1. The van der Waals surface area contributed by atoms with Crippen LogP contribution in [0, 0.1) is 0 Å². The number of amides is 1. The zero-order valence-electron chi connectivity index (χ0n) is 10.9. The minimum Gasteiger partial charge on any atom is -0.322 e. The van der Waals surface area contributed by atoms with E-state index >= 15 is 0 Å². The zero-order valence-corrected chi connectivity index (χ0v) is 11.6. The number of carbonyl (C=O) groups is 1. The minimum absolute atomic E-state index is 0.0728. The van der Waals surface area contributed by atoms with Crippen LogP contribution in [0.2, 0.25) is 5.02 Å². The predicted octanol–water partition coefficient (Wildman–Crippen LogP) is 3.43. The third-order valence-corrected chi connectivity index (χ3v) is 3.35. The number of aromatic nitrogens is 1. The molecule has 1 aromatic heterocycles. The Bertz CT molecular complexity index is 869. The fourth-order valence-electron chi connectivity index (χ4n) is 2.05. The summed E-state index contributed by atoms with van der Waals surface area (Å²) >= 11 is 5.79. The molecule has 4 nitrogen and oxygen atoms in total. The Kier molecular flexibility index (Phi) is 3.46. The molecule has 1 heterocycles. The van der Waals surface area contributed by atoms with Crippen molar-refractivity contribution in [2.45, 2.75) is 0 Å². The van der Waals surface area contributed by atoms with Gasteiger partial charge in [-0.3, -0.25) is 9.59 Å². The number of para-hydroxylation sites is 1. The van der Waals surface area contributed by atoms with E-state index in [1.165, 1.54) is 0 Å². The third-order valence-electron chi connectivity index (χ3n) is 3.10. The molecule has 0 bridgehead atoms. The van der Waals surface area contributed by atoms with Crippen molar-refractivity contribution >= 4 is 34.1 Å². The first-order valence-electron chi connectivity index (χ1n) is 6.32. The number of aromatic amines is 1. The predicted molar refractivity (Wildman–Crippen MR) is 84.0 cm³/mol. The van der Waals surface area contributed by atoms with Crippen LogP contribution in [0.3, 0.4) is 0 Å². The largest absolute Gasteiger partial charge is 0.322 e. The van der Waals surface area contributed by atoms with Gasteiger partial charge in [0.25, 0.3) is 11.5 Å². The molecule has 2 aromatic carbocycles. The summed E-state index contributed by atoms with van der Waals surface area (Å²) in [6.07, 6.45) is 0. The smallest absolute Gasteiger partial charge is 0.261 e. The van der Waals surface area contributed by atoms with Crippen LogP contribution in [0.15, 0.2) is 59.4 Å². The maximum atomic E-state index is 12.2. The molecule has 5 heteroatoms. The first kappa shape index (κ1) is 13.4. The molecule has 0 radical (unpaired) electrons. The van der Waals surface area contributed by atoms with E-state index in [9.17, 15) is 9.59 Å². The van der Waals surface area contributed by atoms with Gasteiger partial charge in [-0.25, -0.2) is 0 Å². The average Bonchev–Trinajstić information content (AvgIpc) is 2.49. The van der Waals surface area contributed by atoms with Gasteiger partial charge in [-0.1, -0.05) is 29.8 Å². The standard InChI is InChI=1S/C16H11ClN2O2/c17-11-5-7-12(8-6-11)18-15(20)13-9-10-3-1-2-4-14(10)19-16(13)21/h1-9H,(H,18,20)(H,19,21). The highest BCUT2D eigenvalue weighted by Crippen LogP contribution is 2.15. The Morgan fingerprint density at radius 3 is 2.52 bits per heavy atom. The highest BCUT2D eigenvalue weighted by Gasteiger charge is 2.12. The van der Waals surface area contributed by atoms with Crippen LogP contribution in [0.25, 0.3) is 10.9 Å². The zero-order chi connectivity index (χ0) is 14.8. The van der Waals surface area contributed by atoms with Crippen molar-refractivity contribution in [3.8, 4) is 0 Å². The summed E-state index contributed by atoms with van der Waals surface area (Å²) < 4.78 is 0. The van der Waals surface area contributed by atoms with Crippen LogP contribution in [0.4, 0.5) is 5.69 Å². The van der Waals surface area contributed by atoms with Crippen LogP contribution in [-0.4, -0.2) is 10.9 Å². The van der Waals surface area contributed by atoms with Gasteiger partial charge in [0.1, 0.15) is 5.56 Å². The molecule has 0 aliphatic carbocycles. The molecule has 0 saturated heterocycles. The maximum absolute atomic E-state index is 12.2. The normalized spacial score (nSPS) is 10.5. The lowest BCUT2D eigenvalue weighted by Crippen LogP contribution is -2.22. The van der Waals surface area contributed by atoms with E-state index in [1.807, 2.05) is 18.2 Å². The molecule has 21 heavy (non-hydrogen) atoms. The van der Waals surface area contributed by atoms with Gasteiger partial charge in [0.05, 0.1) is 0 Å². The molecule has 2 N–H and O–H groups in total. The Morgan fingerprint density at radius 1 is 1.05 bits per heavy atom. The van der Waals surface area contributed by atoms with Crippen LogP contribution < -0.4 is 10.9 Å². The van der Waals surface area contributed by atoms with Gasteiger partial charge in [-0.2, -0.15) is 0 Å². The van der Waals surface area contributed by atoms with E-state index in [1.54, 1.807) is 36.4 Å². The first-order valence-corrected chi connectivity index (χ1v) is 6.70. The van der Waals surface area contributed by atoms with Crippen molar-refractivity contribution in [2.75, 3.05) is 5.32 Å². The van der Waals surface area contributed by atoms with Gasteiger partial charge in [0.2, 0.25) is 0 Å². The molecule has 0 spiro atoms. The lowest BCUT2D eigenvalue weighted by atomic mass is 10.1. The summed E-state index contributed by atoms with van der Waals surface area (Å²) in [7, 11) is 0. The molecule has 0 aliphatic heterocycles. The molecule has 0 atom stereocenters. The number of pyridine rings is 1. The number of hydrogen-bond acceptors (Lipinski definition) is 2. The molecule has 3 aromatic rings. The van der Waals surface area contributed by atoms with E-state index in [2.05, 4.69) is 10.3 Å². The van der Waals surface area contributed by atoms with Crippen LogP contribution in [-0.2, 0) is 0 Å². The molecule has 3 rings (SSSR count). The topological polar surface area (TPSA) is 62.0 Å². The number of carbonyl (C=O) groups excluding carboxylic acids is 1. The summed E-state index contributed by atoms with van der Waals surface area (Å²) in [5.41, 5.74) is 0.936. The highest BCUT2D eigenvalue weighted by molar-refractivity contribution is 6.30. The average molecular weight is 299 g/mol. The minimum atomic E-state index is -0.454. The Balaban J connectivity index is 1.95. The van der Waals surface area contributed by atoms with Gasteiger partial charge in [-0.15, -0.1) is 0 Å². The monoisotopic (exact) mass is 298 g/mol. The van der Waals surface area contributed by atoms with E-state index in [-0.39, 0.29) is 5.56 Å². The van der Waals surface area contributed by atoms with Crippen LogP contribution >= 0.6 is 11.6 Å². The SMILES string of the molecule is O=C(Nc1ccc(Cl)cc1)c1cc2ccccc2[nH]c1=O. The summed E-state index contributed by atoms with van der Waals surface area (Å²) in [6, 6.07) is 15.6. The molecule has 0 fully saturated rings. The van der Waals surface area contributed by atoms with Crippen molar-refractivity contribution in [2.24, 2.45) is 0 Å².